The molecule has 0 radical (unpaired) electrons. The van der Waals surface area contributed by atoms with Gasteiger partial charge in [-0.15, -0.1) is 5.10 Å². The fraction of sp³-hybridized carbons (Fsp3) is 0.308. The van der Waals surface area contributed by atoms with E-state index in [1.54, 1.807) is 54.5 Å². The number of amides is 1. The zero-order valence-corrected chi connectivity index (χ0v) is 21.5. The monoisotopic (exact) mass is 534 g/mol. The topological polar surface area (TPSA) is 129 Å². The van der Waals surface area contributed by atoms with Gasteiger partial charge in [-0.25, -0.2) is 19.0 Å². The van der Waals surface area contributed by atoms with Gasteiger partial charge in [0, 0.05) is 36.6 Å². The summed E-state index contributed by atoms with van der Waals surface area (Å²) in [6.45, 7) is 4.35. The molecule has 39 heavy (non-hydrogen) atoms. The van der Waals surface area contributed by atoms with E-state index >= 15 is 0 Å². The van der Waals surface area contributed by atoms with E-state index in [1.807, 2.05) is 0 Å². The van der Waals surface area contributed by atoms with Crippen LogP contribution in [0.3, 0.4) is 0 Å². The summed E-state index contributed by atoms with van der Waals surface area (Å²) in [5.74, 6) is 0.364. The number of tetrazole rings is 1. The van der Waals surface area contributed by atoms with Gasteiger partial charge in [0.2, 0.25) is 5.95 Å². The van der Waals surface area contributed by atoms with Crippen molar-refractivity contribution in [1.29, 1.82) is 0 Å². The third kappa shape index (κ3) is 6.26. The number of halogens is 1. The van der Waals surface area contributed by atoms with Crippen molar-refractivity contribution >= 4 is 17.5 Å². The number of hydrogen-bond acceptors (Lipinski definition) is 10. The zero-order chi connectivity index (χ0) is 27.2. The maximum atomic E-state index is 14.4. The van der Waals surface area contributed by atoms with Crippen LogP contribution >= 0.6 is 0 Å². The first-order chi connectivity index (χ1) is 19.0. The lowest BCUT2D eigenvalue weighted by molar-refractivity contribution is 0.0302. The highest BCUT2D eigenvalue weighted by molar-refractivity contribution is 5.95. The Labute approximate surface area is 223 Å². The third-order valence-electron chi connectivity index (χ3n) is 6.07. The summed E-state index contributed by atoms with van der Waals surface area (Å²) in [5.41, 5.74) is 2.50. The second-order valence-corrected chi connectivity index (χ2v) is 8.85. The Morgan fingerprint density at radius 2 is 1.90 bits per heavy atom. The molecule has 2 aromatic heterocycles. The fourth-order valence-electron chi connectivity index (χ4n) is 4.09. The number of methoxy groups -OCH3 is 1. The van der Waals surface area contributed by atoms with E-state index in [1.165, 1.54) is 24.2 Å². The third-order valence-corrected chi connectivity index (χ3v) is 6.07. The molecule has 0 spiro atoms. The SMILES string of the molecule is COc1cc(C(=O)N2CCOCC2)ccc1Nc1ncc(-c2ccc(F)c(O[C@@H](C)Cn3cnnn3)c2)cn1. The van der Waals surface area contributed by atoms with Crippen LogP contribution in [-0.2, 0) is 11.3 Å². The van der Waals surface area contributed by atoms with E-state index in [0.29, 0.717) is 66.9 Å². The van der Waals surface area contributed by atoms with E-state index in [9.17, 15) is 9.18 Å². The average molecular weight is 535 g/mol. The van der Waals surface area contributed by atoms with Crippen molar-refractivity contribution < 1.29 is 23.4 Å². The molecule has 1 saturated heterocycles. The molecule has 0 aliphatic carbocycles. The largest absolute Gasteiger partial charge is 0.495 e. The number of carbonyl (C=O) groups is 1. The van der Waals surface area contributed by atoms with Gasteiger partial charge in [-0.3, -0.25) is 4.79 Å². The first-order valence-corrected chi connectivity index (χ1v) is 12.3. The summed E-state index contributed by atoms with van der Waals surface area (Å²) < 4.78 is 32.6. The van der Waals surface area contributed by atoms with Crippen molar-refractivity contribution in [1.82, 2.24) is 35.1 Å². The van der Waals surface area contributed by atoms with Crippen molar-refractivity contribution in [3.05, 3.63) is 66.5 Å². The number of ether oxygens (including phenoxy) is 3. The molecule has 2 aromatic carbocycles. The van der Waals surface area contributed by atoms with Crippen LogP contribution in [0.2, 0.25) is 0 Å². The standard InChI is InChI=1S/C26H27FN8O4/c1-17(15-35-16-30-32-33-35)39-23-11-18(3-5-21(23)27)20-13-28-26(29-14-20)31-22-6-4-19(12-24(22)37-2)25(36)34-7-9-38-10-8-34/h3-6,11-14,16-17H,7-10,15H2,1-2H3,(H,28,29,31)/t17-/m0/s1. The van der Waals surface area contributed by atoms with Crippen LogP contribution in [0.4, 0.5) is 16.0 Å². The highest BCUT2D eigenvalue weighted by Crippen LogP contribution is 2.30. The first kappa shape index (κ1) is 26.0. The minimum absolute atomic E-state index is 0.0730. The van der Waals surface area contributed by atoms with E-state index in [-0.39, 0.29) is 17.8 Å². The molecule has 0 bridgehead atoms. The fourth-order valence-corrected chi connectivity index (χ4v) is 4.09. The molecule has 12 nitrogen and oxygen atoms in total. The van der Waals surface area contributed by atoms with Gasteiger partial charge in [-0.05, 0) is 53.2 Å². The maximum absolute atomic E-state index is 14.4. The second-order valence-electron chi connectivity index (χ2n) is 8.85. The molecule has 1 amide bonds. The van der Waals surface area contributed by atoms with Gasteiger partial charge in [0.05, 0.1) is 32.6 Å². The van der Waals surface area contributed by atoms with E-state index < -0.39 is 5.82 Å². The Hall–Kier alpha value is -4.65. The number of rotatable bonds is 9. The van der Waals surface area contributed by atoms with Crippen molar-refractivity contribution in [2.24, 2.45) is 0 Å². The molecule has 1 fully saturated rings. The van der Waals surface area contributed by atoms with Gasteiger partial charge in [-0.2, -0.15) is 0 Å². The quantitative estimate of drug-likeness (QED) is 0.342. The smallest absolute Gasteiger partial charge is 0.254 e. The van der Waals surface area contributed by atoms with Gasteiger partial charge < -0.3 is 24.4 Å². The molecule has 0 unspecified atom stereocenters. The van der Waals surface area contributed by atoms with Crippen molar-refractivity contribution in [3.63, 3.8) is 0 Å². The molecular weight excluding hydrogens is 507 g/mol. The molecule has 13 heteroatoms. The van der Waals surface area contributed by atoms with Gasteiger partial charge in [0.1, 0.15) is 18.2 Å². The predicted octanol–water partition coefficient (Wildman–Crippen LogP) is 2.96. The molecule has 1 atom stereocenters. The lowest BCUT2D eigenvalue weighted by atomic mass is 10.1. The van der Waals surface area contributed by atoms with Crippen molar-refractivity contribution in [2.75, 3.05) is 38.7 Å². The highest BCUT2D eigenvalue weighted by atomic mass is 19.1. The molecule has 4 aromatic rings. The van der Waals surface area contributed by atoms with Gasteiger partial charge in [0.25, 0.3) is 5.91 Å². The Balaban J connectivity index is 1.27. The van der Waals surface area contributed by atoms with Crippen molar-refractivity contribution in [3.8, 4) is 22.6 Å². The van der Waals surface area contributed by atoms with Crippen LogP contribution in [0.25, 0.3) is 11.1 Å². The van der Waals surface area contributed by atoms with E-state index in [0.717, 1.165) is 0 Å². The normalized spacial score (nSPS) is 14.1. The lowest BCUT2D eigenvalue weighted by Gasteiger charge is -2.27. The summed E-state index contributed by atoms with van der Waals surface area (Å²) >= 11 is 0. The predicted molar refractivity (Wildman–Crippen MR) is 138 cm³/mol. The summed E-state index contributed by atoms with van der Waals surface area (Å²) in [6.07, 6.45) is 4.35. The first-order valence-electron chi connectivity index (χ1n) is 12.3. The van der Waals surface area contributed by atoms with Crippen LogP contribution in [0, 0.1) is 5.82 Å². The van der Waals surface area contributed by atoms with Crippen LogP contribution in [0.1, 0.15) is 17.3 Å². The molecule has 5 rings (SSSR count). The molecular formula is C26H27FN8O4. The van der Waals surface area contributed by atoms with Gasteiger partial charge in [-0.1, -0.05) is 6.07 Å². The Morgan fingerprint density at radius 1 is 1.10 bits per heavy atom. The van der Waals surface area contributed by atoms with Gasteiger partial charge >= 0.3 is 0 Å². The number of carbonyl (C=O) groups excluding carboxylic acids is 1. The Kier molecular flexibility index (Phi) is 7.87. The number of benzene rings is 2. The van der Waals surface area contributed by atoms with E-state index in [2.05, 4.69) is 30.8 Å². The molecule has 1 N–H and O–H groups in total. The Morgan fingerprint density at radius 3 is 2.62 bits per heavy atom. The van der Waals surface area contributed by atoms with Gasteiger partial charge in [0.15, 0.2) is 11.6 Å². The summed E-state index contributed by atoms with van der Waals surface area (Å²) in [7, 11) is 1.53. The highest BCUT2D eigenvalue weighted by Gasteiger charge is 2.20. The zero-order valence-electron chi connectivity index (χ0n) is 21.5. The number of hydrogen-bond donors (Lipinski definition) is 1. The number of aromatic nitrogens is 6. The Bertz CT molecular complexity index is 1410. The summed E-state index contributed by atoms with van der Waals surface area (Å²) in [5, 5.41) is 14.1. The van der Waals surface area contributed by atoms with Crippen LogP contribution in [0.5, 0.6) is 11.5 Å². The number of anilines is 2. The van der Waals surface area contributed by atoms with E-state index in [4.69, 9.17) is 14.2 Å². The molecule has 1 aliphatic rings. The number of nitrogens with one attached hydrogen (secondary N) is 1. The maximum Gasteiger partial charge on any atom is 0.254 e. The summed E-state index contributed by atoms with van der Waals surface area (Å²) in [6, 6.07) is 9.75. The average Bonchev–Trinajstić information content (AvgIpc) is 3.48. The van der Waals surface area contributed by atoms with Crippen LogP contribution in [-0.4, -0.2) is 80.5 Å². The lowest BCUT2D eigenvalue weighted by Crippen LogP contribution is -2.40. The second kappa shape index (κ2) is 11.8. The minimum atomic E-state index is -0.482. The summed E-state index contributed by atoms with van der Waals surface area (Å²) in [4.78, 5) is 23.4. The number of morpholine rings is 1. The molecule has 1 aliphatic heterocycles. The molecule has 0 saturated carbocycles. The van der Waals surface area contributed by atoms with Crippen molar-refractivity contribution in [2.45, 2.75) is 19.6 Å². The molecule has 3 heterocycles. The number of nitrogens with zero attached hydrogens (tertiary/aromatic N) is 7. The van der Waals surface area contributed by atoms with Crippen LogP contribution in [0.15, 0.2) is 55.1 Å². The minimum Gasteiger partial charge on any atom is -0.495 e. The molecule has 202 valence electrons. The van der Waals surface area contributed by atoms with Crippen LogP contribution < -0.4 is 14.8 Å².